The third-order valence-electron chi connectivity index (χ3n) is 2.92. The maximum Gasteiger partial charge on any atom is 0.328 e. The zero-order chi connectivity index (χ0) is 15.7. The third kappa shape index (κ3) is 4.89. The van der Waals surface area contributed by atoms with Crippen molar-refractivity contribution in [3.05, 3.63) is 35.9 Å². The summed E-state index contributed by atoms with van der Waals surface area (Å²) in [4.78, 5) is 23.9. The second kappa shape index (κ2) is 8.72. The molecule has 1 N–H and O–H groups in total. The fourth-order valence-corrected chi connectivity index (χ4v) is 1.87. The Morgan fingerprint density at radius 3 is 2.48 bits per heavy atom. The van der Waals surface area contributed by atoms with Crippen LogP contribution in [0.4, 0.5) is 0 Å². The number of methoxy groups -OCH3 is 2. The highest BCUT2D eigenvalue weighted by molar-refractivity contribution is 5.87. The van der Waals surface area contributed by atoms with Gasteiger partial charge in [-0.1, -0.05) is 30.3 Å². The molecule has 1 rings (SSSR count). The standard InChI is InChI=1S/C15H18N2O4/c1-20-13(11-7-4-3-5-8-11)14(18)17-12(9-6-10-16)15(19)21-2/h3-5,7-8,12-13H,6,9H2,1-2H3,(H,17,18)/t12-,13+/m0/s1. The number of hydrogen-bond acceptors (Lipinski definition) is 5. The lowest BCUT2D eigenvalue weighted by atomic mass is 10.1. The predicted molar refractivity (Wildman–Crippen MR) is 75.0 cm³/mol. The molecule has 2 atom stereocenters. The lowest BCUT2D eigenvalue weighted by Gasteiger charge is -2.20. The first-order valence-corrected chi connectivity index (χ1v) is 6.47. The van der Waals surface area contributed by atoms with E-state index in [1.165, 1.54) is 14.2 Å². The van der Waals surface area contributed by atoms with Crippen molar-refractivity contribution in [2.24, 2.45) is 0 Å². The highest BCUT2D eigenvalue weighted by Gasteiger charge is 2.26. The van der Waals surface area contributed by atoms with Gasteiger partial charge in [0.05, 0.1) is 13.2 Å². The molecule has 112 valence electrons. The third-order valence-corrected chi connectivity index (χ3v) is 2.92. The molecule has 0 fully saturated rings. The van der Waals surface area contributed by atoms with Gasteiger partial charge >= 0.3 is 5.97 Å². The molecule has 1 aromatic carbocycles. The van der Waals surface area contributed by atoms with Crippen LogP contribution in [0.25, 0.3) is 0 Å². The fraction of sp³-hybridized carbons (Fsp3) is 0.400. The van der Waals surface area contributed by atoms with Crippen LogP contribution < -0.4 is 5.32 Å². The first-order valence-electron chi connectivity index (χ1n) is 6.47. The number of ether oxygens (including phenoxy) is 2. The molecule has 0 spiro atoms. The van der Waals surface area contributed by atoms with Crippen LogP contribution in [0.1, 0.15) is 24.5 Å². The Morgan fingerprint density at radius 1 is 1.29 bits per heavy atom. The molecule has 6 nitrogen and oxygen atoms in total. The quantitative estimate of drug-likeness (QED) is 0.765. The Morgan fingerprint density at radius 2 is 1.95 bits per heavy atom. The van der Waals surface area contributed by atoms with Crippen LogP contribution in [0.5, 0.6) is 0 Å². The molecule has 1 aromatic rings. The minimum absolute atomic E-state index is 0.142. The van der Waals surface area contributed by atoms with Crippen molar-refractivity contribution < 1.29 is 19.1 Å². The van der Waals surface area contributed by atoms with Gasteiger partial charge in [-0.25, -0.2) is 4.79 Å². The number of carbonyl (C=O) groups excluding carboxylic acids is 2. The van der Waals surface area contributed by atoms with Gasteiger partial charge in [-0.05, 0) is 12.0 Å². The molecular weight excluding hydrogens is 272 g/mol. The molecule has 21 heavy (non-hydrogen) atoms. The zero-order valence-electron chi connectivity index (χ0n) is 12.0. The van der Waals surface area contributed by atoms with E-state index < -0.39 is 24.0 Å². The summed E-state index contributed by atoms with van der Waals surface area (Å²) >= 11 is 0. The monoisotopic (exact) mass is 290 g/mol. The van der Waals surface area contributed by atoms with E-state index in [9.17, 15) is 9.59 Å². The average Bonchev–Trinajstić information content (AvgIpc) is 2.52. The predicted octanol–water partition coefficient (Wildman–Crippen LogP) is 1.34. The molecule has 0 aromatic heterocycles. The van der Waals surface area contributed by atoms with E-state index >= 15 is 0 Å². The Bertz CT molecular complexity index is 510. The minimum Gasteiger partial charge on any atom is -0.467 e. The van der Waals surface area contributed by atoms with Gasteiger partial charge in [0.1, 0.15) is 6.04 Å². The van der Waals surface area contributed by atoms with Crippen LogP contribution in [-0.2, 0) is 19.1 Å². The van der Waals surface area contributed by atoms with E-state index in [-0.39, 0.29) is 12.8 Å². The summed E-state index contributed by atoms with van der Waals surface area (Å²) in [6, 6.07) is 10.0. The summed E-state index contributed by atoms with van der Waals surface area (Å²) < 4.78 is 9.81. The number of amides is 1. The Labute approximate surface area is 123 Å². The van der Waals surface area contributed by atoms with Crippen molar-refractivity contribution >= 4 is 11.9 Å². The van der Waals surface area contributed by atoms with Gasteiger partial charge in [0.25, 0.3) is 5.91 Å². The van der Waals surface area contributed by atoms with Crippen LogP contribution in [-0.4, -0.2) is 32.1 Å². The highest BCUT2D eigenvalue weighted by atomic mass is 16.5. The van der Waals surface area contributed by atoms with Crippen LogP contribution in [0.3, 0.4) is 0 Å². The molecule has 0 radical (unpaired) electrons. The second-order valence-electron chi connectivity index (χ2n) is 4.31. The lowest BCUT2D eigenvalue weighted by molar-refractivity contribution is -0.147. The second-order valence-corrected chi connectivity index (χ2v) is 4.31. The number of benzene rings is 1. The van der Waals surface area contributed by atoms with Crippen molar-refractivity contribution in [3.63, 3.8) is 0 Å². The van der Waals surface area contributed by atoms with Gasteiger partial charge < -0.3 is 14.8 Å². The van der Waals surface area contributed by atoms with Crippen molar-refractivity contribution in [1.29, 1.82) is 5.26 Å². The molecule has 0 aliphatic rings. The van der Waals surface area contributed by atoms with E-state index in [1.54, 1.807) is 24.3 Å². The maximum absolute atomic E-state index is 12.2. The first-order chi connectivity index (χ1) is 10.1. The van der Waals surface area contributed by atoms with E-state index in [4.69, 9.17) is 10.00 Å². The summed E-state index contributed by atoms with van der Waals surface area (Å²) in [6.45, 7) is 0. The Hall–Kier alpha value is -2.39. The molecule has 0 unspecified atom stereocenters. The zero-order valence-corrected chi connectivity index (χ0v) is 12.0. The fourth-order valence-electron chi connectivity index (χ4n) is 1.87. The largest absolute Gasteiger partial charge is 0.467 e. The van der Waals surface area contributed by atoms with Gasteiger partial charge in [0.2, 0.25) is 0 Å². The van der Waals surface area contributed by atoms with E-state index in [1.807, 2.05) is 12.1 Å². The van der Waals surface area contributed by atoms with Crippen molar-refractivity contribution in [1.82, 2.24) is 5.32 Å². The number of carbonyl (C=O) groups is 2. The molecule has 0 aliphatic carbocycles. The normalized spacial score (nSPS) is 12.8. The molecular formula is C15H18N2O4. The molecule has 0 saturated carbocycles. The molecule has 0 heterocycles. The summed E-state index contributed by atoms with van der Waals surface area (Å²) in [5, 5.41) is 11.2. The lowest BCUT2D eigenvalue weighted by Crippen LogP contribution is -2.44. The summed E-state index contributed by atoms with van der Waals surface area (Å²) in [6.07, 6.45) is -0.483. The molecule has 1 amide bonds. The van der Waals surface area contributed by atoms with Crippen molar-refractivity contribution in [3.8, 4) is 6.07 Å². The highest BCUT2D eigenvalue weighted by Crippen LogP contribution is 2.16. The molecule has 0 saturated heterocycles. The van der Waals surface area contributed by atoms with E-state index in [0.717, 1.165) is 0 Å². The summed E-state index contributed by atoms with van der Waals surface area (Å²) in [5.41, 5.74) is 0.682. The molecule has 6 heteroatoms. The molecule has 0 aliphatic heterocycles. The van der Waals surface area contributed by atoms with Gasteiger partial charge in [0, 0.05) is 13.5 Å². The van der Waals surface area contributed by atoms with Crippen LogP contribution in [0.15, 0.2) is 30.3 Å². The van der Waals surface area contributed by atoms with Crippen molar-refractivity contribution in [2.75, 3.05) is 14.2 Å². The summed E-state index contributed by atoms with van der Waals surface area (Å²) in [7, 11) is 2.65. The Balaban J connectivity index is 2.79. The van der Waals surface area contributed by atoms with Gasteiger partial charge in [-0.15, -0.1) is 0 Å². The number of nitrogens with zero attached hydrogens (tertiary/aromatic N) is 1. The number of nitrogens with one attached hydrogen (secondary N) is 1. The number of rotatable bonds is 7. The van der Waals surface area contributed by atoms with Gasteiger partial charge in [0.15, 0.2) is 6.10 Å². The number of hydrogen-bond donors (Lipinski definition) is 1. The first kappa shape index (κ1) is 16.7. The smallest absolute Gasteiger partial charge is 0.328 e. The van der Waals surface area contributed by atoms with E-state index in [0.29, 0.717) is 5.56 Å². The van der Waals surface area contributed by atoms with Crippen LogP contribution in [0.2, 0.25) is 0 Å². The minimum atomic E-state index is -0.858. The Kier molecular flexibility index (Phi) is 6.92. The number of esters is 1. The van der Waals surface area contributed by atoms with Crippen LogP contribution in [0, 0.1) is 11.3 Å². The van der Waals surface area contributed by atoms with Gasteiger partial charge in [-0.2, -0.15) is 5.26 Å². The SMILES string of the molecule is COC(=O)[C@H](CCC#N)NC(=O)[C@H](OC)c1ccccc1. The summed E-state index contributed by atoms with van der Waals surface area (Å²) in [5.74, 6) is -1.03. The van der Waals surface area contributed by atoms with E-state index in [2.05, 4.69) is 10.1 Å². The van der Waals surface area contributed by atoms with Crippen molar-refractivity contribution in [2.45, 2.75) is 25.0 Å². The molecule has 0 bridgehead atoms. The average molecular weight is 290 g/mol. The maximum atomic E-state index is 12.2. The topological polar surface area (TPSA) is 88.4 Å². The van der Waals surface area contributed by atoms with Gasteiger partial charge in [-0.3, -0.25) is 4.79 Å². The number of nitriles is 1. The van der Waals surface area contributed by atoms with Crippen LogP contribution >= 0.6 is 0 Å².